The second kappa shape index (κ2) is 2.50. The highest BCUT2D eigenvalue weighted by molar-refractivity contribution is 5.70. The zero-order valence-electron chi connectivity index (χ0n) is 4.59. The summed E-state index contributed by atoms with van der Waals surface area (Å²) in [6.45, 7) is 0. The fourth-order valence-corrected chi connectivity index (χ4v) is 0.615. The molecule has 44 valence electrons. The molecule has 1 heterocycles. The number of allylic oxidation sites excluding steroid dienone is 1. The summed E-state index contributed by atoms with van der Waals surface area (Å²) in [7, 11) is 0. The third kappa shape index (κ3) is 1.37. The maximum Gasteiger partial charge on any atom is 0.310 e. The minimum absolute atomic E-state index is 0.112. The molecule has 0 aromatic carbocycles. The minimum Gasteiger partial charge on any atom is -0.435 e. The van der Waals surface area contributed by atoms with Crippen LogP contribution in [0.3, 0.4) is 0 Å². The lowest BCUT2D eigenvalue weighted by atomic mass is 10.2. The molecular formula is C6H8O2. The van der Waals surface area contributed by atoms with Crippen LogP contribution in [0.1, 0.15) is 19.3 Å². The van der Waals surface area contributed by atoms with Gasteiger partial charge in [0.05, 0.1) is 6.26 Å². The molecule has 1 aliphatic heterocycles. The SMILES string of the molecule is O=C1CCCC=CO1. The molecule has 0 saturated heterocycles. The Morgan fingerprint density at radius 1 is 1.62 bits per heavy atom. The van der Waals surface area contributed by atoms with Gasteiger partial charge in [-0.05, 0) is 18.9 Å². The van der Waals surface area contributed by atoms with Gasteiger partial charge in [0.15, 0.2) is 0 Å². The van der Waals surface area contributed by atoms with E-state index < -0.39 is 0 Å². The van der Waals surface area contributed by atoms with Crippen LogP contribution in [0.4, 0.5) is 0 Å². The van der Waals surface area contributed by atoms with Crippen LogP contribution in [0.2, 0.25) is 0 Å². The molecule has 8 heavy (non-hydrogen) atoms. The fraction of sp³-hybridized carbons (Fsp3) is 0.500. The molecule has 0 amide bonds. The van der Waals surface area contributed by atoms with Crippen LogP contribution in [0, 0.1) is 0 Å². The zero-order valence-corrected chi connectivity index (χ0v) is 4.59. The van der Waals surface area contributed by atoms with Crippen LogP contribution in [0.25, 0.3) is 0 Å². The van der Waals surface area contributed by atoms with Crippen molar-refractivity contribution in [3.8, 4) is 0 Å². The van der Waals surface area contributed by atoms with E-state index in [1.807, 2.05) is 6.08 Å². The summed E-state index contributed by atoms with van der Waals surface area (Å²) in [5, 5.41) is 0. The number of rotatable bonds is 0. The molecule has 0 aromatic rings. The summed E-state index contributed by atoms with van der Waals surface area (Å²) in [5.74, 6) is -0.112. The topological polar surface area (TPSA) is 26.3 Å². The summed E-state index contributed by atoms with van der Waals surface area (Å²) >= 11 is 0. The Kier molecular flexibility index (Phi) is 1.67. The number of esters is 1. The van der Waals surface area contributed by atoms with Crippen molar-refractivity contribution in [3.05, 3.63) is 12.3 Å². The first kappa shape index (κ1) is 5.35. The Morgan fingerprint density at radius 3 is 3.38 bits per heavy atom. The van der Waals surface area contributed by atoms with E-state index >= 15 is 0 Å². The van der Waals surface area contributed by atoms with E-state index in [1.165, 1.54) is 6.26 Å². The quantitative estimate of drug-likeness (QED) is 0.440. The summed E-state index contributed by atoms with van der Waals surface area (Å²) in [4.78, 5) is 10.4. The highest BCUT2D eigenvalue weighted by atomic mass is 16.5. The summed E-state index contributed by atoms with van der Waals surface area (Å²) in [6.07, 6.45) is 5.79. The Morgan fingerprint density at radius 2 is 2.50 bits per heavy atom. The van der Waals surface area contributed by atoms with Crippen LogP contribution < -0.4 is 0 Å². The highest BCUT2D eigenvalue weighted by Gasteiger charge is 2.01. The molecule has 0 atom stereocenters. The Bertz CT molecular complexity index is 116. The molecule has 0 unspecified atom stereocenters. The van der Waals surface area contributed by atoms with Gasteiger partial charge >= 0.3 is 5.97 Å². The van der Waals surface area contributed by atoms with Gasteiger partial charge < -0.3 is 4.74 Å². The lowest BCUT2D eigenvalue weighted by molar-refractivity contribution is -0.137. The van der Waals surface area contributed by atoms with Crippen molar-refractivity contribution < 1.29 is 9.53 Å². The Hall–Kier alpha value is -0.790. The predicted octanol–water partition coefficient (Wildman–Crippen LogP) is 1.23. The largest absolute Gasteiger partial charge is 0.435 e. The van der Waals surface area contributed by atoms with Gasteiger partial charge in [0.2, 0.25) is 0 Å². The van der Waals surface area contributed by atoms with Gasteiger partial charge in [-0.15, -0.1) is 0 Å². The molecule has 0 radical (unpaired) electrons. The highest BCUT2D eigenvalue weighted by Crippen LogP contribution is 2.03. The van der Waals surface area contributed by atoms with Crippen LogP contribution in [-0.2, 0) is 9.53 Å². The third-order valence-corrected chi connectivity index (χ3v) is 1.05. The van der Waals surface area contributed by atoms with Crippen molar-refractivity contribution >= 4 is 5.97 Å². The van der Waals surface area contributed by atoms with Crippen LogP contribution in [0.15, 0.2) is 12.3 Å². The zero-order chi connectivity index (χ0) is 5.82. The lowest BCUT2D eigenvalue weighted by Gasteiger charge is -1.89. The molecule has 2 nitrogen and oxygen atoms in total. The summed E-state index contributed by atoms with van der Waals surface area (Å²) in [5.41, 5.74) is 0. The molecule has 0 N–H and O–H groups in total. The summed E-state index contributed by atoms with van der Waals surface area (Å²) in [6, 6.07) is 0. The van der Waals surface area contributed by atoms with E-state index in [-0.39, 0.29) is 5.97 Å². The Labute approximate surface area is 48.1 Å². The van der Waals surface area contributed by atoms with Gasteiger partial charge in [-0.2, -0.15) is 0 Å². The van der Waals surface area contributed by atoms with Crippen molar-refractivity contribution in [2.45, 2.75) is 19.3 Å². The molecule has 0 aromatic heterocycles. The normalized spacial score (nSPS) is 19.8. The number of carbonyl (C=O) groups excluding carboxylic acids is 1. The predicted molar refractivity (Wildman–Crippen MR) is 29.1 cm³/mol. The van der Waals surface area contributed by atoms with E-state index in [9.17, 15) is 4.79 Å². The second-order valence-electron chi connectivity index (χ2n) is 1.75. The number of hydrogen-bond donors (Lipinski definition) is 0. The number of carbonyl (C=O) groups is 1. The maximum atomic E-state index is 10.4. The standard InChI is InChI=1S/C6H8O2/c7-6-4-2-1-3-5-8-6/h3,5H,1-2,4H2. The average Bonchev–Trinajstić information content (AvgIpc) is 1.94. The van der Waals surface area contributed by atoms with Gasteiger partial charge in [0.25, 0.3) is 0 Å². The molecule has 1 aliphatic rings. The van der Waals surface area contributed by atoms with Gasteiger partial charge in [-0.1, -0.05) is 0 Å². The van der Waals surface area contributed by atoms with E-state index in [0.29, 0.717) is 6.42 Å². The fourth-order valence-electron chi connectivity index (χ4n) is 0.615. The molecular weight excluding hydrogens is 104 g/mol. The summed E-state index contributed by atoms with van der Waals surface area (Å²) < 4.78 is 4.58. The maximum absolute atomic E-state index is 10.4. The van der Waals surface area contributed by atoms with Gasteiger partial charge in [0.1, 0.15) is 0 Å². The molecule has 0 fully saturated rings. The van der Waals surface area contributed by atoms with E-state index in [0.717, 1.165) is 12.8 Å². The van der Waals surface area contributed by atoms with Crippen molar-refractivity contribution in [1.82, 2.24) is 0 Å². The van der Waals surface area contributed by atoms with Gasteiger partial charge in [-0.3, -0.25) is 4.79 Å². The average molecular weight is 112 g/mol. The lowest BCUT2D eigenvalue weighted by Crippen LogP contribution is -1.95. The van der Waals surface area contributed by atoms with E-state index in [4.69, 9.17) is 0 Å². The van der Waals surface area contributed by atoms with Gasteiger partial charge in [0, 0.05) is 6.42 Å². The van der Waals surface area contributed by atoms with E-state index in [1.54, 1.807) is 0 Å². The van der Waals surface area contributed by atoms with Gasteiger partial charge in [-0.25, -0.2) is 0 Å². The van der Waals surface area contributed by atoms with Crippen molar-refractivity contribution in [2.24, 2.45) is 0 Å². The number of cyclic esters (lactones) is 1. The van der Waals surface area contributed by atoms with Crippen LogP contribution in [-0.4, -0.2) is 5.97 Å². The van der Waals surface area contributed by atoms with E-state index in [2.05, 4.69) is 4.74 Å². The number of ether oxygens (including phenoxy) is 1. The first-order chi connectivity index (χ1) is 3.89. The Balaban J connectivity index is 2.41. The molecule has 0 saturated carbocycles. The second-order valence-corrected chi connectivity index (χ2v) is 1.75. The third-order valence-electron chi connectivity index (χ3n) is 1.05. The number of hydrogen-bond acceptors (Lipinski definition) is 2. The van der Waals surface area contributed by atoms with Crippen molar-refractivity contribution in [1.29, 1.82) is 0 Å². The molecule has 2 heteroatoms. The minimum atomic E-state index is -0.112. The van der Waals surface area contributed by atoms with Crippen molar-refractivity contribution in [3.63, 3.8) is 0 Å². The molecule has 1 rings (SSSR count). The first-order valence-electron chi connectivity index (χ1n) is 2.74. The monoisotopic (exact) mass is 112 g/mol. The van der Waals surface area contributed by atoms with Crippen molar-refractivity contribution in [2.75, 3.05) is 0 Å². The smallest absolute Gasteiger partial charge is 0.310 e. The van der Waals surface area contributed by atoms with Crippen LogP contribution >= 0.6 is 0 Å². The molecule has 0 bridgehead atoms. The molecule has 0 spiro atoms. The van der Waals surface area contributed by atoms with Crippen LogP contribution in [0.5, 0.6) is 0 Å². The first-order valence-corrected chi connectivity index (χ1v) is 2.74. The molecule has 0 aliphatic carbocycles.